The van der Waals surface area contributed by atoms with E-state index in [0.29, 0.717) is 11.5 Å². The van der Waals surface area contributed by atoms with Crippen LogP contribution in [0.25, 0.3) is 0 Å². The molecule has 0 aliphatic heterocycles. The van der Waals surface area contributed by atoms with Gasteiger partial charge in [0.25, 0.3) is 5.70 Å². The zero-order chi connectivity index (χ0) is 20.3. The van der Waals surface area contributed by atoms with Gasteiger partial charge in [-0.2, -0.15) is 0 Å². The van der Waals surface area contributed by atoms with Gasteiger partial charge < -0.3 is 9.47 Å². The van der Waals surface area contributed by atoms with Crippen molar-refractivity contribution in [2.75, 3.05) is 7.11 Å². The number of allylic oxidation sites excluding steroid dienone is 4. The lowest BCUT2D eigenvalue weighted by molar-refractivity contribution is -0.418. The van der Waals surface area contributed by atoms with Crippen LogP contribution in [0.5, 0.6) is 11.5 Å². The maximum Gasteiger partial charge on any atom is 0.268 e. The van der Waals surface area contributed by atoms with Crippen molar-refractivity contribution < 1.29 is 14.4 Å². The Morgan fingerprint density at radius 3 is 1.80 bits per heavy atom. The zero-order valence-electron chi connectivity index (χ0n) is 16.8. The lowest BCUT2D eigenvalue weighted by Gasteiger charge is -2.05. The topological polar surface area (TPSA) is 61.6 Å². The number of nitrogens with zero attached hydrogens (tertiary/aromatic N) is 1. The SMILES string of the molecule is C=C/C(=C\C=C(/C)Oc1ccc(OC)cc1)[N+](=O)[O-].CC.CC.CC. The van der Waals surface area contributed by atoms with Gasteiger partial charge >= 0.3 is 0 Å². The van der Waals surface area contributed by atoms with Crippen molar-refractivity contribution in [1.82, 2.24) is 0 Å². The first-order chi connectivity index (χ1) is 12.1. The molecule has 5 nitrogen and oxygen atoms in total. The molecule has 0 radical (unpaired) electrons. The summed E-state index contributed by atoms with van der Waals surface area (Å²) in [5.41, 5.74) is -0.0855. The molecule has 0 spiro atoms. The molecule has 0 atom stereocenters. The fourth-order valence-corrected chi connectivity index (χ4v) is 1.27. The van der Waals surface area contributed by atoms with E-state index in [1.807, 2.05) is 41.5 Å². The quantitative estimate of drug-likeness (QED) is 0.257. The van der Waals surface area contributed by atoms with E-state index in [4.69, 9.17) is 9.47 Å². The monoisotopic (exact) mass is 351 g/mol. The first kappa shape index (κ1) is 27.3. The van der Waals surface area contributed by atoms with Crippen molar-refractivity contribution in [3.63, 3.8) is 0 Å². The Kier molecular flexibility index (Phi) is 21.3. The Morgan fingerprint density at radius 2 is 1.44 bits per heavy atom. The van der Waals surface area contributed by atoms with Crippen LogP contribution in [-0.4, -0.2) is 12.0 Å². The van der Waals surface area contributed by atoms with Gasteiger partial charge in [0.2, 0.25) is 0 Å². The average Bonchev–Trinajstić information content (AvgIpc) is 2.67. The molecule has 0 saturated carbocycles. The van der Waals surface area contributed by atoms with Gasteiger partial charge in [-0.05, 0) is 37.3 Å². The number of benzene rings is 1. The summed E-state index contributed by atoms with van der Waals surface area (Å²) in [5.74, 6) is 1.90. The first-order valence-electron chi connectivity index (χ1n) is 8.54. The van der Waals surface area contributed by atoms with Crippen molar-refractivity contribution in [2.24, 2.45) is 0 Å². The molecule has 0 aliphatic carbocycles. The van der Waals surface area contributed by atoms with E-state index in [0.717, 1.165) is 5.75 Å². The third-order valence-corrected chi connectivity index (χ3v) is 2.25. The van der Waals surface area contributed by atoms with Gasteiger partial charge in [0, 0.05) is 12.2 Å². The number of nitro groups is 1. The van der Waals surface area contributed by atoms with Gasteiger partial charge in [0.1, 0.15) is 17.3 Å². The summed E-state index contributed by atoms with van der Waals surface area (Å²) in [6, 6.07) is 7.04. The smallest absolute Gasteiger partial charge is 0.268 e. The molecule has 5 heteroatoms. The lowest BCUT2D eigenvalue weighted by atomic mass is 10.3. The van der Waals surface area contributed by atoms with Crippen LogP contribution in [-0.2, 0) is 0 Å². The number of ether oxygens (including phenoxy) is 2. The van der Waals surface area contributed by atoms with Gasteiger partial charge in [-0.15, -0.1) is 0 Å². The number of methoxy groups -OCH3 is 1. The molecule has 1 rings (SSSR count). The summed E-state index contributed by atoms with van der Waals surface area (Å²) in [6.07, 6.45) is 4.03. The van der Waals surface area contributed by atoms with E-state index in [2.05, 4.69) is 6.58 Å². The van der Waals surface area contributed by atoms with E-state index in [9.17, 15) is 10.1 Å². The molecule has 0 N–H and O–H groups in total. The summed E-state index contributed by atoms with van der Waals surface area (Å²) in [6.45, 7) is 17.1. The highest BCUT2D eigenvalue weighted by Crippen LogP contribution is 2.19. The summed E-state index contributed by atoms with van der Waals surface area (Å²) in [7, 11) is 1.58. The van der Waals surface area contributed by atoms with Crippen LogP contribution in [0.4, 0.5) is 0 Å². The summed E-state index contributed by atoms with van der Waals surface area (Å²) in [4.78, 5) is 10.0. The molecule has 142 valence electrons. The molecule has 0 bridgehead atoms. The first-order valence-corrected chi connectivity index (χ1v) is 8.54. The van der Waals surface area contributed by atoms with Crippen molar-refractivity contribution in [3.05, 3.63) is 70.6 Å². The molecule has 0 heterocycles. The van der Waals surface area contributed by atoms with E-state index in [-0.39, 0.29) is 5.70 Å². The minimum Gasteiger partial charge on any atom is -0.497 e. The van der Waals surface area contributed by atoms with Crippen LogP contribution in [0.2, 0.25) is 0 Å². The highest BCUT2D eigenvalue weighted by Gasteiger charge is 2.02. The maximum atomic E-state index is 10.6. The predicted molar refractivity (Wildman–Crippen MR) is 107 cm³/mol. The number of rotatable bonds is 6. The Balaban J connectivity index is -0.000000725. The molecule has 0 unspecified atom stereocenters. The second kappa shape index (κ2) is 19.5. The predicted octanol–water partition coefficient (Wildman–Crippen LogP) is 6.40. The molecule has 1 aromatic rings. The van der Waals surface area contributed by atoms with E-state index >= 15 is 0 Å². The van der Waals surface area contributed by atoms with Crippen molar-refractivity contribution >= 4 is 0 Å². The van der Waals surface area contributed by atoms with Gasteiger partial charge in [-0.1, -0.05) is 48.1 Å². The second-order valence-electron chi connectivity index (χ2n) is 3.61. The van der Waals surface area contributed by atoms with E-state index < -0.39 is 4.92 Å². The molecular formula is C20H33NO4. The van der Waals surface area contributed by atoms with Crippen LogP contribution in [0, 0.1) is 10.1 Å². The molecule has 0 amide bonds. The number of hydrogen-bond acceptors (Lipinski definition) is 4. The van der Waals surface area contributed by atoms with Gasteiger partial charge in [-0.25, -0.2) is 0 Å². The molecular weight excluding hydrogens is 318 g/mol. The molecule has 0 saturated heterocycles. The van der Waals surface area contributed by atoms with E-state index in [1.165, 1.54) is 18.2 Å². The maximum absolute atomic E-state index is 10.6. The Bertz CT molecular complexity index is 517. The fraction of sp³-hybridized carbons (Fsp3) is 0.400. The van der Waals surface area contributed by atoms with Crippen LogP contribution in [0.1, 0.15) is 48.5 Å². The minimum absolute atomic E-state index is 0.0855. The van der Waals surface area contributed by atoms with Crippen molar-refractivity contribution in [3.8, 4) is 11.5 Å². The average molecular weight is 351 g/mol. The fourth-order valence-electron chi connectivity index (χ4n) is 1.27. The Labute approximate surface area is 152 Å². The van der Waals surface area contributed by atoms with Crippen LogP contribution in [0.3, 0.4) is 0 Å². The second-order valence-corrected chi connectivity index (χ2v) is 3.61. The zero-order valence-corrected chi connectivity index (χ0v) is 16.8. The standard InChI is InChI=1S/C14H15NO4.3C2H6/c1-4-12(15(16)17)6-5-11(2)19-14-9-7-13(18-3)8-10-14;3*1-2/h4-10H,1H2,2-3H3;3*1-2H3/b11-5+,12-6+;;;. The summed E-state index contributed by atoms with van der Waals surface area (Å²) in [5, 5.41) is 10.6. The third-order valence-electron chi connectivity index (χ3n) is 2.25. The molecule has 1 aromatic carbocycles. The van der Waals surface area contributed by atoms with Crippen molar-refractivity contribution in [2.45, 2.75) is 48.5 Å². The van der Waals surface area contributed by atoms with E-state index in [1.54, 1.807) is 38.3 Å². The largest absolute Gasteiger partial charge is 0.497 e. The summed E-state index contributed by atoms with van der Waals surface area (Å²) >= 11 is 0. The van der Waals surface area contributed by atoms with Crippen LogP contribution < -0.4 is 9.47 Å². The van der Waals surface area contributed by atoms with Crippen LogP contribution >= 0.6 is 0 Å². The van der Waals surface area contributed by atoms with Crippen molar-refractivity contribution in [1.29, 1.82) is 0 Å². The Hall–Kier alpha value is -2.56. The summed E-state index contributed by atoms with van der Waals surface area (Å²) < 4.78 is 10.5. The molecule has 0 fully saturated rings. The number of hydrogen-bond donors (Lipinski definition) is 0. The lowest BCUT2D eigenvalue weighted by Crippen LogP contribution is -1.95. The normalized spacial score (nSPS) is 9.76. The minimum atomic E-state index is -0.510. The van der Waals surface area contributed by atoms with Crippen LogP contribution in [0.15, 0.2) is 60.5 Å². The third kappa shape index (κ3) is 13.6. The molecule has 0 aliphatic rings. The van der Waals surface area contributed by atoms with Gasteiger partial charge in [0.05, 0.1) is 12.0 Å². The van der Waals surface area contributed by atoms with Gasteiger partial charge in [0.15, 0.2) is 0 Å². The molecule has 0 aromatic heterocycles. The molecule has 25 heavy (non-hydrogen) atoms. The Morgan fingerprint density at radius 1 is 1.00 bits per heavy atom. The highest BCUT2D eigenvalue weighted by atomic mass is 16.6. The van der Waals surface area contributed by atoms with Gasteiger partial charge in [-0.3, -0.25) is 10.1 Å². The highest BCUT2D eigenvalue weighted by molar-refractivity contribution is 5.32.